The van der Waals surface area contributed by atoms with Gasteiger partial charge in [0.2, 0.25) is 0 Å². The van der Waals surface area contributed by atoms with E-state index in [2.05, 4.69) is 31.4 Å². The number of hydrogen-bond acceptors (Lipinski definition) is 6. The predicted molar refractivity (Wildman–Crippen MR) is 198 cm³/mol. The summed E-state index contributed by atoms with van der Waals surface area (Å²) in [5, 5.41) is 6.13. The molecule has 266 valence electrons. The van der Waals surface area contributed by atoms with Crippen LogP contribution in [-0.4, -0.2) is 42.9 Å². The molecule has 10 heteroatoms. The third-order valence-electron chi connectivity index (χ3n) is 8.56. The lowest BCUT2D eigenvalue weighted by molar-refractivity contribution is -0.131. The van der Waals surface area contributed by atoms with Crippen LogP contribution in [0.15, 0.2) is 91.0 Å². The third kappa shape index (κ3) is 8.38. The molecule has 3 amide bonds. The number of anilines is 1. The predicted octanol–water partition coefficient (Wildman–Crippen LogP) is 8.73. The number of hydrogen-bond donors (Lipinski definition) is 2. The minimum atomic E-state index is -1.07. The molecule has 0 fully saturated rings. The summed E-state index contributed by atoms with van der Waals surface area (Å²) in [7, 11) is 0. The van der Waals surface area contributed by atoms with Gasteiger partial charge in [-0.15, -0.1) is 0 Å². The average molecular weight is 710 g/mol. The number of alkyl carbamates (subject to hydrolysis) is 2. The summed E-state index contributed by atoms with van der Waals surface area (Å²) in [6, 6.07) is 28.7. The van der Waals surface area contributed by atoms with Gasteiger partial charge in [0.05, 0.1) is 6.54 Å². The minimum Gasteiger partial charge on any atom is -0.444 e. The zero-order valence-corrected chi connectivity index (χ0v) is 30.5. The normalized spacial score (nSPS) is 17.2. The van der Waals surface area contributed by atoms with Crippen molar-refractivity contribution < 1.29 is 28.6 Å². The highest BCUT2D eigenvalue weighted by Gasteiger charge is 2.39. The van der Waals surface area contributed by atoms with Gasteiger partial charge in [0, 0.05) is 40.5 Å². The zero-order valence-electron chi connectivity index (χ0n) is 29.8. The fraction of sp³-hybridized carbons (Fsp3) is 0.341. The number of benzene rings is 4. The first kappa shape index (κ1) is 35.9. The van der Waals surface area contributed by atoms with Gasteiger partial charge in [-0.2, -0.15) is 0 Å². The number of rotatable bonds is 7. The van der Waals surface area contributed by atoms with Crippen molar-refractivity contribution in [2.24, 2.45) is 5.41 Å². The van der Waals surface area contributed by atoms with E-state index in [1.165, 1.54) is 0 Å². The molecule has 1 heterocycles. The molecular formula is C41H44ClN3O6. The van der Waals surface area contributed by atoms with E-state index in [4.69, 9.17) is 25.8 Å². The Bertz CT molecular complexity index is 1900. The molecule has 4 aromatic rings. The molecule has 9 nitrogen and oxygen atoms in total. The molecule has 2 unspecified atom stereocenters. The minimum absolute atomic E-state index is 0.133. The van der Waals surface area contributed by atoms with E-state index in [1.54, 1.807) is 31.7 Å². The van der Waals surface area contributed by atoms with Gasteiger partial charge in [-0.05, 0) is 66.6 Å². The largest absolute Gasteiger partial charge is 0.444 e. The molecule has 0 radical (unpaired) electrons. The molecule has 0 aromatic heterocycles. The topological polar surface area (TPSA) is 106 Å². The SMILES string of the molecule is CC(C)(C)CN1C(=O)C(CNC(=O)OC2c3ccccc3-c3ccccc32)OC(c2cccc(CNC(=O)OC(C)(C)C)c2)c2cc(Cl)ccc21. The number of carbonyl (C=O) groups excluding carboxylic acids is 3. The van der Waals surface area contributed by atoms with E-state index >= 15 is 0 Å². The maximum absolute atomic E-state index is 14.4. The van der Waals surface area contributed by atoms with Gasteiger partial charge in [0.25, 0.3) is 5.91 Å². The number of halogens is 1. The first-order chi connectivity index (χ1) is 24.2. The van der Waals surface area contributed by atoms with Crippen LogP contribution in [-0.2, 0) is 25.5 Å². The van der Waals surface area contributed by atoms with E-state index in [0.717, 1.165) is 33.4 Å². The second-order valence-electron chi connectivity index (χ2n) is 15.1. The Labute approximate surface area is 304 Å². The summed E-state index contributed by atoms with van der Waals surface area (Å²) in [6.07, 6.45) is -3.58. The molecule has 1 aliphatic heterocycles. The van der Waals surface area contributed by atoms with E-state index in [1.807, 2.05) is 84.9 Å². The standard InChI is InChI=1S/C41H44ClN3O6/c1-40(2,3)24-45-33-19-18-27(42)21-32(33)35(26-13-11-12-25(20-26)22-43-39(48)51-41(4,5)6)49-34(37(45)46)23-44-38(47)50-36-30-16-9-7-14-28(30)29-15-8-10-17-31(29)36/h7-21,34-36H,22-24H2,1-6H3,(H,43,48)(H,44,47). The van der Waals surface area contributed by atoms with Crippen molar-refractivity contribution >= 4 is 35.4 Å². The van der Waals surface area contributed by atoms with E-state index in [0.29, 0.717) is 22.8 Å². The Morgan fingerprint density at radius 2 is 1.47 bits per heavy atom. The van der Waals surface area contributed by atoms with E-state index in [-0.39, 0.29) is 24.4 Å². The highest BCUT2D eigenvalue weighted by atomic mass is 35.5. The summed E-state index contributed by atoms with van der Waals surface area (Å²) >= 11 is 6.57. The van der Waals surface area contributed by atoms with Crippen LogP contribution in [0.2, 0.25) is 5.02 Å². The lowest BCUT2D eigenvalue weighted by Crippen LogP contribution is -2.48. The Balaban J connectivity index is 1.28. The molecule has 0 bridgehead atoms. The monoisotopic (exact) mass is 709 g/mol. The van der Waals surface area contributed by atoms with E-state index < -0.39 is 36.1 Å². The van der Waals surface area contributed by atoms with Gasteiger partial charge in [0.1, 0.15) is 11.7 Å². The van der Waals surface area contributed by atoms with Gasteiger partial charge >= 0.3 is 12.2 Å². The Hall–Kier alpha value is -4.86. The van der Waals surface area contributed by atoms with Crippen molar-refractivity contribution in [2.45, 2.75) is 72.0 Å². The smallest absolute Gasteiger partial charge is 0.408 e. The molecule has 4 aromatic carbocycles. The average Bonchev–Trinajstić information content (AvgIpc) is 3.33. The number of fused-ring (bicyclic) bond motifs is 4. The summed E-state index contributed by atoms with van der Waals surface area (Å²) in [4.78, 5) is 42.0. The molecule has 2 atom stereocenters. The van der Waals surface area contributed by atoms with Crippen LogP contribution in [0.4, 0.5) is 15.3 Å². The van der Waals surface area contributed by atoms with Crippen molar-refractivity contribution in [2.75, 3.05) is 18.0 Å². The summed E-state index contributed by atoms with van der Waals surface area (Å²) in [5.41, 5.74) is 5.90. The second-order valence-corrected chi connectivity index (χ2v) is 15.6. The highest BCUT2D eigenvalue weighted by Crippen LogP contribution is 2.45. The zero-order chi connectivity index (χ0) is 36.5. The molecule has 0 spiro atoms. The fourth-order valence-electron chi connectivity index (χ4n) is 6.52. The molecular weight excluding hydrogens is 666 g/mol. The Morgan fingerprint density at radius 3 is 2.12 bits per heavy atom. The van der Waals surface area contributed by atoms with Crippen molar-refractivity contribution in [3.05, 3.63) is 124 Å². The van der Waals surface area contributed by atoms with Crippen LogP contribution < -0.4 is 15.5 Å². The lowest BCUT2D eigenvalue weighted by Gasteiger charge is -2.31. The quantitative estimate of drug-likeness (QED) is 0.199. The maximum atomic E-state index is 14.4. The maximum Gasteiger partial charge on any atom is 0.408 e. The van der Waals surface area contributed by atoms with Crippen LogP contribution >= 0.6 is 11.6 Å². The highest BCUT2D eigenvalue weighted by molar-refractivity contribution is 6.30. The number of nitrogens with one attached hydrogen (secondary N) is 2. The number of ether oxygens (including phenoxy) is 3. The van der Waals surface area contributed by atoms with Gasteiger partial charge in [-0.25, -0.2) is 9.59 Å². The first-order valence-corrected chi connectivity index (χ1v) is 17.5. The van der Waals surface area contributed by atoms with Crippen LogP contribution in [0.25, 0.3) is 11.1 Å². The summed E-state index contributed by atoms with van der Waals surface area (Å²) < 4.78 is 18.1. The first-order valence-electron chi connectivity index (χ1n) is 17.1. The van der Waals surface area contributed by atoms with Crippen LogP contribution in [0.3, 0.4) is 0 Å². The molecule has 6 rings (SSSR count). The van der Waals surface area contributed by atoms with Gasteiger partial charge in [0.15, 0.2) is 12.2 Å². The van der Waals surface area contributed by atoms with Crippen LogP contribution in [0.5, 0.6) is 0 Å². The van der Waals surface area contributed by atoms with Gasteiger partial charge in [-0.3, -0.25) is 4.79 Å². The summed E-state index contributed by atoms with van der Waals surface area (Å²) in [5.74, 6) is -0.296. The Kier molecular flexibility index (Phi) is 10.2. The van der Waals surface area contributed by atoms with Crippen LogP contribution in [0.1, 0.15) is 81.6 Å². The van der Waals surface area contributed by atoms with E-state index in [9.17, 15) is 14.4 Å². The summed E-state index contributed by atoms with van der Waals surface area (Å²) in [6.45, 7) is 12.1. The molecule has 1 aliphatic carbocycles. The third-order valence-corrected chi connectivity index (χ3v) is 8.80. The van der Waals surface area contributed by atoms with Crippen LogP contribution in [0, 0.1) is 5.41 Å². The van der Waals surface area contributed by atoms with Crippen molar-refractivity contribution in [3.63, 3.8) is 0 Å². The molecule has 0 saturated heterocycles. The lowest BCUT2D eigenvalue weighted by atomic mass is 9.94. The van der Waals surface area contributed by atoms with Crippen molar-refractivity contribution in [1.82, 2.24) is 10.6 Å². The number of carbonyl (C=O) groups is 3. The Morgan fingerprint density at radius 1 is 0.804 bits per heavy atom. The van der Waals surface area contributed by atoms with Gasteiger partial charge < -0.3 is 29.7 Å². The molecule has 2 aliphatic rings. The van der Waals surface area contributed by atoms with Crippen molar-refractivity contribution in [1.29, 1.82) is 0 Å². The molecule has 2 N–H and O–H groups in total. The molecule has 51 heavy (non-hydrogen) atoms. The van der Waals surface area contributed by atoms with Gasteiger partial charge in [-0.1, -0.05) is 105 Å². The number of amides is 3. The second kappa shape index (κ2) is 14.4. The number of nitrogens with zero attached hydrogens (tertiary/aromatic N) is 1. The molecule has 0 saturated carbocycles. The fourth-order valence-corrected chi connectivity index (χ4v) is 6.70. The van der Waals surface area contributed by atoms with Crippen molar-refractivity contribution in [3.8, 4) is 11.1 Å².